The molecule has 4 nitrogen and oxygen atoms in total. The van der Waals surface area contributed by atoms with Gasteiger partial charge in [0.1, 0.15) is 5.82 Å². The quantitative estimate of drug-likeness (QED) is 0.688. The molecule has 1 rings (SSSR count). The second-order valence-corrected chi connectivity index (χ2v) is 3.03. The largest absolute Gasteiger partial charge is 0.370 e. The van der Waals surface area contributed by atoms with Crippen LogP contribution in [0.2, 0.25) is 0 Å². The van der Waals surface area contributed by atoms with Crippen molar-refractivity contribution in [2.75, 3.05) is 11.9 Å². The predicted octanol–water partition coefficient (Wildman–Crippen LogP) is 1.29. The van der Waals surface area contributed by atoms with Gasteiger partial charge >= 0.3 is 5.69 Å². The Kier molecular flexibility index (Phi) is 3.49. The van der Waals surface area contributed by atoms with E-state index in [0.29, 0.717) is 5.82 Å². The number of nitrogens with one attached hydrogen (secondary N) is 2. The van der Waals surface area contributed by atoms with Crippen LogP contribution in [-0.2, 0) is 0 Å². The fourth-order valence-electron chi connectivity index (χ4n) is 1.06. The predicted molar refractivity (Wildman–Crippen MR) is 53.0 cm³/mol. The summed E-state index contributed by atoms with van der Waals surface area (Å²) in [5, 5.41) is 3.10. The molecule has 0 bridgehead atoms. The molecule has 0 unspecified atom stereocenters. The van der Waals surface area contributed by atoms with Crippen LogP contribution in [-0.4, -0.2) is 16.5 Å². The van der Waals surface area contributed by atoms with Crippen molar-refractivity contribution in [2.45, 2.75) is 26.7 Å². The molecule has 1 aromatic heterocycles. The van der Waals surface area contributed by atoms with Crippen molar-refractivity contribution in [3.8, 4) is 0 Å². The molecular formula is C9H15N3O. The van der Waals surface area contributed by atoms with Crippen molar-refractivity contribution < 1.29 is 0 Å². The summed E-state index contributed by atoms with van der Waals surface area (Å²) in [4.78, 5) is 17.3. The van der Waals surface area contributed by atoms with Gasteiger partial charge in [0.2, 0.25) is 0 Å². The maximum Gasteiger partial charge on any atom is 0.347 e. The summed E-state index contributed by atoms with van der Waals surface area (Å²) in [7, 11) is 0. The highest BCUT2D eigenvalue weighted by Crippen LogP contribution is 2.00. The minimum absolute atomic E-state index is 0.293. The Labute approximate surface area is 77.4 Å². The molecule has 0 aliphatic rings. The molecule has 0 aliphatic carbocycles. The van der Waals surface area contributed by atoms with E-state index in [4.69, 9.17) is 0 Å². The molecule has 1 heterocycles. The van der Waals surface area contributed by atoms with Crippen molar-refractivity contribution in [2.24, 2.45) is 0 Å². The van der Waals surface area contributed by atoms with Crippen molar-refractivity contribution in [3.63, 3.8) is 0 Å². The zero-order valence-corrected chi connectivity index (χ0v) is 8.05. The molecule has 72 valence electrons. The Bertz CT molecular complexity index is 319. The lowest BCUT2D eigenvalue weighted by Crippen LogP contribution is -2.15. The average molecular weight is 181 g/mol. The Morgan fingerprint density at radius 2 is 2.38 bits per heavy atom. The number of hydrogen-bond acceptors (Lipinski definition) is 3. The monoisotopic (exact) mass is 181 g/mol. The van der Waals surface area contributed by atoms with Gasteiger partial charge in [0.05, 0.1) is 0 Å². The van der Waals surface area contributed by atoms with E-state index in [-0.39, 0.29) is 5.69 Å². The van der Waals surface area contributed by atoms with Gasteiger partial charge in [0, 0.05) is 12.2 Å². The van der Waals surface area contributed by atoms with E-state index in [0.717, 1.165) is 25.1 Å². The highest BCUT2D eigenvalue weighted by molar-refractivity contribution is 5.33. The summed E-state index contributed by atoms with van der Waals surface area (Å²) in [6.45, 7) is 4.83. The van der Waals surface area contributed by atoms with Crippen molar-refractivity contribution >= 4 is 5.82 Å². The van der Waals surface area contributed by atoms with Crippen LogP contribution < -0.4 is 11.0 Å². The molecule has 0 radical (unpaired) electrons. The van der Waals surface area contributed by atoms with Gasteiger partial charge in [0.25, 0.3) is 0 Å². The van der Waals surface area contributed by atoms with E-state index >= 15 is 0 Å². The summed E-state index contributed by atoms with van der Waals surface area (Å²) >= 11 is 0. The SMILES string of the molecule is CCCCNc1cc(C)[nH]c(=O)n1. The molecular weight excluding hydrogens is 166 g/mol. The van der Waals surface area contributed by atoms with Crippen LogP contribution in [0.15, 0.2) is 10.9 Å². The topological polar surface area (TPSA) is 57.8 Å². The first-order valence-electron chi connectivity index (χ1n) is 4.54. The average Bonchev–Trinajstić information content (AvgIpc) is 2.03. The lowest BCUT2D eigenvalue weighted by Gasteiger charge is -2.03. The summed E-state index contributed by atoms with van der Waals surface area (Å²) < 4.78 is 0. The number of aromatic amines is 1. The van der Waals surface area contributed by atoms with Crippen LogP contribution in [0, 0.1) is 6.92 Å². The summed E-state index contributed by atoms with van der Waals surface area (Å²) in [6, 6.07) is 1.83. The molecule has 0 aromatic carbocycles. The second-order valence-electron chi connectivity index (χ2n) is 3.03. The van der Waals surface area contributed by atoms with Gasteiger partial charge in [-0.25, -0.2) is 4.79 Å². The van der Waals surface area contributed by atoms with E-state index < -0.39 is 0 Å². The maximum absolute atomic E-state index is 10.9. The smallest absolute Gasteiger partial charge is 0.347 e. The summed E-state index contributed by atoms with van der Waals surface area (Å²) in [6.07, 6.45) is 2.22. The first kappa shape index (κ1) is 9.77. The molecule has 0 spiro atoms. The number of rotatable bonds is 4. The van der Waals surface area contributed by atoms with Gasteiger partial charge < -0.3 is 10.3 Å². The number of hydrogen-bond donors (Lipinski definition) is 2. The summed E-state index contributed by atoms with van der Waals surface area (Å²) in [5.41, 5.74) is 0.540. The first-order valence-corrected chi connectivity index (χ1v) is 4.54. The van der Waals surface area contributed by atoms with Crippen LogP contribution in [0.3, 0.4) is 0 Å². The maximum atomic E-state index is 10.9. The van der Waals surface area contributed by atoms with Gasteiger partial charge in [-0.3, -0.25) is 0 Å². The fourth-order valence-corrected chi connectivity index (χ4v) is 1.06. The number of aryl methyl sites for hydroxylation is 1. The van der Waals surface area contributed by atoms with E-state index in [1.807, 2.05) is 13.0 Å². The van der Waals surface area contributed by atoms with E-state index in [1.54, 1.807) is 0 Å². The normalized spacial score (nSPS) is 10.0. The number of anilines is 1. The lowest BCUT2D eigenvalue weighted by atomic mass is 10.3. The van der Waals surface area contributed by atoms with Crippen LogP contribution in [0.4, 0.5) is 5.82 Å². The van der Waals surface area contributed by atoms with Gasteiger partial charge in [0.15, 0.2) is 0 Å². The number of aromatic nitrogens is 2. The zero-order chi connectivity index (χ0) is 9.68. The van der Waals surface area contributed by atoms with Crippen molar-refractivity contribution in [1.82, 2.24) is 9.97 Å². The Morgan fingerprint density at radius 3 is 3.00 bits per heavy atom. The zero-order valence-electron chi connectivity index (χ0n) is 8.05. The molecule has 0 aliphatic heterocycles. The third-order valence-electron chi connectivity index (χ3n) is 1.72. The molecule has 1 aromatic rings. The third-order valence-corrected chi connectivity index (χ3v) is 1.72. The van der Waals surface area contributed by atoms with Gasteiger partial charge in [-0.1, -0.05) is 13.3 Å². The van der Waals surface area contributed by atoms with Crippen LogP contribution in [0.1, 0.15) is 25.5 Å². The van der Waals surface area contributed by atoms with Gasteiger partial charge in [-0.15, -0.1) is 0 Å². The standard InChI is InChI=1S/C9H15N3O/c1-3-4-5-10-8-6-7(2)11-9(13)12-8/h6H,3-5H2,1-2H3,(H2,10,11,12,13). The van der Waals surface area contributed by atoms with Crippen molar-refractivity contribution in [1.29, 1.82) is 0 Å². The summed E-state index contributed by atoms with van der Waals surface area (Å²) in [5.74, 6) is 0.662. The van der Waals surface area contributed by atoms with Crippen molar-refractivity contribution in [3.05, 3.63) is 22.2 Å². The van der Waals surface area contributed by atoms with E-state index in [9.17, 15) is 4.79 Å². The molecule has 0 fully saturated rings. The molecule has 0 amide bonds. The number of nitrogens with zero attached hydrogens (tertiary/aromatic N) is 1. The molecule has 2 N–H and O–H groups in total. The van der Waals surface area contributed by atoms with Gasteiger partial charge in [-0.2, -0.15) is 4.98 Å². The number of unbranched alkanes of at least 4 members (excludes halogenated alkanes) is 1. The Hall–Kier alpha value is -1.32. The van der Waals surface area contributed by atoms with Crippen LogP contribution >= 0.6 is 0 Å². The second kappa shape index (κ2) is 4.64. The third kappa shape index (κ3) is 3.27. The van der Waals surface area contributed by atoms with E-state index in [1.165, 1.54) is 0 Å². The fraction of sp³-hybridized carbons (Fsp3) is 0.556. The number of H-pyrrole nitrogens is 1. The lowest BCUT2D eigenvalue weighted by molar-refractivity contribution is 0.828. The molecule has 4 heteroatoms. The molecule has 13 heavy (non-hydrogen) atoms. The highest BCUT2D eigenvalue weighted by Gasteiger charge is 1.95. The van der Waals surface area contributed by atoms with E-state index in [2.05, 4.69) is 22.2 Å². The van der Waals surface area contributed by atoms with Crippen LogP contribution in [0.5, 0.6) is 0 Å². The molecule has 0 atom stereocenters. The van der Waals surface area contributed by atoms with Gasteiger partial charge in [-0.05, 0) is 19.4 Å². The molecule has 0 saturated carbocycles. The van der Waals surface area contributed by atoms with Crippen LogP contribution in [0.25, 0.3) is 0 Å². The minimum Gasteiger partial charge on any atom is -0.370 e. The minimum atomic E-state index is -0.293. The Balaban J connectivity index is 2.61. The first-order chi connectivity index (χ1) is 6.22. The Morgan fingerprint density at radius 1 is 1.62 bits per heavy atom. The highest BCUT2D eigenvalue weighted by atomic mass is 16.1. The molecule has 0 saturated heterocycles.